The Hall–Kier alpha value is -5.92. The number of nitrogens with one attached hydrogen (secondary N) is 4. The van der Waals surface area contributed by atoms with Gasteiger partial charge in [0.25, 0.3) is 11.4 Å². The van der Waals surface area contributed by atoms with Gasteiger partial charge in [-0.2, -0.15) is 0 Å². The summed E-state index contributed by atoms with van der Waals surface area (Å²) in [5.74, 6) is 0. The van der Waals surface area contributed by atoms with E-state index in [9.17, 15) is 39.4 Å². The quantitative estimate of drug-likeness (QED) is 0.116. The van der Waals surface area contributed by atoms with Crippen molar-refractivity contribution in [3.05, 3.63) is 122 Å². The number of non-ortho nitro benzene ring substituents is 2. The Bertz CT molecular complexity index is 2190. The average molecular weight is 514 g/mol. The lowest BCUT2D eigenvalue weighted by molar-refractivity contribution is -0.390. The molecule has 0 aliphatic rings. The van der Waals surface area contributed by atoms with Crippen molar-refractivity contribution in [2.45, 2.75) is 0 Å². The molecular formula is C24H14N6O8. The highest BCUT2D eigenvalue weighted by molar-refractivity contribution is 6.12. The molecule has 188 valence electrons. The van der Waals surface area contributed by atoms with Gasteiger partial charge in [0.2, 0.25) is 0 Å². The molecule has 0 bridgehead atoms. The second kappa shape index (κ2) is 8.94. The monoisotopic (exact) mass is 514 g/mol. The van der Waals surface area contributed by atoms with Gasteiger partial charge in [0.05, 0.1) is 31.9 Å². The minimum absolute atomic E-state index is 0.0179. The molecule has 14 heteroatoms. The topological polar surface area (TPSA) is 218 Å². The molecule has 0 saturated heterocycles. The normalized spacial score (nSPS) is 10.9. The van der Waals surface area contributed by atoms with E-state index >= 15 is 0 Å². The summed E-state index contributed by atoms with van der Waals surface area (Å²) in [5, 5.41) is 24.1. The van der Waals surface area contributed by atoms with Gasteiger partial charge >= 0.3 is 22.2 Å². The van der Waals surface area contributed by atoms with Crippen LogP contribution >= 0.6 is 0 Å². The van der Waals surface area contributed by atoms with E-state index in [1.54, 1.807) is 6.07 Å². The van der Waals surface area contributed by atoms with Crippen LogP contribution in [0.4, 0.5) is 11.4 Å². The highest BCUT2D eigenvalue weighted by Gasteiger charge is 2.24. The third-order valence-corrected chi connectivity index (χ3v) is 5.83. The first-order chi connectivity index (χ1) is 18.2. The maximum absolute atomic E-state index is 11.4. The summed E-state index contributed by atoms with van der Waals surface area (Å²) in [6.45, 7) is 0. The fraction of sp³-hybridized carbons (Fsp3) is 0. The van der Waals surface area contributed by atoms with E-state index in [-0.39, 0.29) is 21.8 Å². The summed E-state index contributed by atoms with van der Waals surface area (Å²) in [6.07, 6.45) is 0. The van der Waals surface area contributed by atoms with Crippen LogP contribution < -0.4 is 22.2 Å². The first-order valence-electron chi connectivity index (χ1n) is 10.8. The lowest BCUT2D eigenvalue weighted by Crippen LogP contribution is -2.29. The van der Waals surface area contributed by atoms with Crippen molar-refractivity contribution in [1.29, 1.82) is 0 Å². The second-order valence-electron chi connectivity index (χ2n) is 8.06. The van der Waals surface area contributed by atoms with E-state index in [1.807, 2.05) is 30.3 Å². The Morgan fingerprint density at radius 1 is 0.553 bits per heavy atom. The molecule has 14 nitrogen and oxygen atoms in total. The molecule has 0 saturated carbocycles. The van der Waals surface area contributed by atoms with E-state index in [0.717, 1.165) is 22.9 Å². The number of fused-ring (bicyclic) bond motifs is 6. The first-order valence-corrected chi connectivity index (χ1v) is 10.8. The van der Waals surface area contributed by atoms with Gasteiger partial charge in [-0.05, 0) is 11.5 Å². The SMILES string of the molecule is O=c1[nH]c2cc([N+](=O)[O-])c3c([N+](=O)[O-])cccc3c2[nH]c1=O.O=c1[nH]c2ccc3ccccc3c2[nH]c1=O. The summed E-state index contributed by atoms with van der Waals surface area (Å²) in [4.78, 5) is 75.7. The molecule has 2 heterocycles. The van der Waals surface area contributed by atoms with Gasteiger partial charge in [-0.3, -0.25) is 39.4 Å². The number of benzene rings is 4. The molecule has 2 aromatic heterocycles. The Morgan fingerprint density at radius 3 is 1.76 bits per heavy atom. The number of aromatic nitrogens is 4. The van der Waals surface area contributed by atoms with Crippen molar-refractivity contribution in [3.8, 4) is 0 Å². The van der Waals surface area contributed by atoms with Crippen molar-refractivity contribution in [2.24, 2.45) is 0 Å². The zero-order valence-corrected chi connectivity index (χ0v) is 18.9. The molecule has 0 fully saturated rings. The Kier molecular flexibility index (Phi) is 5.60. The maximum atomic E-state index is 11.4. The molecule has 38 heavy (non-hydrogen) atoms. The summed E-state index contributed by atoms with van der Waals surface area (Å²) in [6, 6.07) is 16.2. The van der Waals surface area contributed by atoms with Crippen LogP contribution in [-0.2, 0) is 0 Å². The van der Waals surface area contributed by atoms with E-state index < -0.39 is 43.5 Å². The van der Waals surface area contributed by atoms with Crippen LogP contribution in [0, 0.1) is 20.2 Å². The third kappa shape index (κ3) is 3.97. The molecule has 0 spiro atoms. The van der Waals surface area contributed by atoms with Crippen molar-refractivity contribution in [1.82, 2.24) is 19.9 Å². The largest absolute Gasteiger partial charge is 0.316 e. The molecule has 4 aromatic carbocycles. The predicted molar refractivity (Wildman–Crippen MR) is 139 cm³/mol. The minimum atomic E-state index is -0.966. The zero-order valence-electron chi connectivity index (χ0n) is 18.9. The fourth-order valence-electron chi connectivity index (χ4n) is 4.18. The molecule has 6 rings (SSSR count). The van der Waals surface area contributed by atoms with Gasteiger partial charge in [0, 0.05) is 22.9 Å². The maximum Gasteiger partial charge on any atom is 0.314 e. The molecular weight excluding hydrogens is 500 g/mol. The molecule has 4 N–H and O–H groups in total. The van der Waals surface area contributed by atoms with Gasteiger partial charge in [-0.1, -0.05) is 42.5 Å². The molecule has 0 radical (unpaired) electrons. The second-order valence-corrected chi connectivity index (χ2v) is 8.06. The molecule has 0 aliphatic heterocycles. The molecule has 0 unspecified atom stereocenters. The van der Waals surface area contributed by atoms with Gasteiger partial charge < -0.3 is 19.9 Å². The summed E-state index contributed by atoms with van der Waals surface area (Å²) < 4.78 is 0. The standard InChI is InChI=1S/C12H6N4O6.C12H8N2O2/c17-11-12(18)14-10-5-2-1-3-7(15(19)20)9(5)8(16(21)22)4-6(10)13-11;15-11-12(16)14-10-8-4-2-1-3-7(8)5-6-9(10)13-11/h1-4H,(H,13,17)(H,14,18);1-6H,(H,13,15)(H,14,16). The van der Waals surface area contributed by atoms with Crippen LogP contribution in [0.1, 0.15) is 0 Å². The highest BCUT2D eigenvalue weighted by atomic mass is 16.6. The van der Waals surface area contributed by atoms with Gasteiger partial charge in [-0.15, -0.1) is 0 Å². The van der Waals surface area contributed by atoms with Crippen LogP contribution in [0.3, 0.4) is 0 Å². The number of H-pyrrole nitrogens is 4. The highest BCUT2D eigenvalue weighted by Crippen LogP contribution is 2.36. The number of hydrogen-bond acceptors (Lipinski definition) is 8. The number of hydrogen-bond donors (Lipinski definition) is 4. The smallest absolute Gasteiger partial charge is 0.314 e. The fourth-order valence-corrected chi connectivity index (χ4v) is 4.18. The van der Waals surface area contributed by atoms with Crippen LogP contribution in [0.5, 0.6) is 0 Å². The number of aromatic amines is 4. The summed E-state index contributed by atoms with van der Waals surface area (Å²) in [5.41, 5.74) is -2.73. The van der Waals surface area contributed by atoms with E-state index in [4.69, 9.17) is 0 Å². The Balaban J connectivity index is 0.000000162. The predicted octanol–water partition coefficient (Wildman–Crippen LogP) is 2.56. The summed E-state index contributed by atoms with van der Waals surface area (Å²) in [7, 11) is 0. The third-order valence-electron chi connectivity index (χ3n) is 5.83. The van der Waals surface area contributed by atoms with Crippen molar-refractivity contribution >= 4 is 55.0 Å². The first kappa shape index (κ1) is 23.8. The van der Waals surface area contributed by atoms with Crippen molar-refractivity contribution < 1.29 is 9.85 Å². The number of nitro groups is 2. The summed E-state index contributed by atoms with van der Waals surface area (Å²) >= 11 is 0. The van der Waals surface area contributed by atoms with Crippen molar-refractivity contribution in [3.63, 3.8) is 0 Å². The molecule has 0 atom stereocenters. The zero-order chi connectivity index (χ0) is 27.1. The van der Waals surface area contributed by atoms with Crippen LogP contribution in [0.2, 0.25) is 0 Å². The lowest BCUT2D eigenvalue weighted by atomic mass is 10.0. The van der Waals surface area contributed by atoms with Crippen LogP contribution in [0.25, 0.3) is 43.6 Å². The average Bonchev–Trinajstić information content (AvgIpc) is 2.89. The van der Waals surface area contributed by atoms with Gasteiger partial charge in [0.15, 0.2) is 0 Å². The number of nitro benzene ring substituents is 2. The van der Waals surface area contributed by atoms with Crippen LogP contribution in [0.15, 0.2) is 79.8 Å². The van der Waals surface area contributed by atoms with E-state index in [0.29, 0.717) is 11.0 Å². The van der Waals surface area contributed by atoms with Gasteiger partial charge in [0.1, 0.15) is 5.39 Å². The lowest BCUT2D eigenvalue weighted by Gasteiger charge is -2.05. The Labute approximate surface area is 207 Å². The van der Waals surface area contributed by atoms with E-state index in [2.05, 4.69) is 19.9 Å². The minimum Gasteiger partial charge on any atom is -0.316 e. The van der Waals surface area contributed by atoms with E-state index in [1.165, 1.54) is 12.1 Å². The number of nitrogens with zero attached hydrogens (tertiary/aromatic N) is 2. The Morgan fingerprint density at radius 2 is 1.11 bits per heavy atom. The van der Waals surface area contributed by atoms with Crippen LogP contribution in [-0.4, -0.2) is 29.8 Å². The molecule has 6 aromatic rings. The molecule has 0 amide bonds. The van der Waals surface area contributed by atoms with Crippen molar-refractivity contribution in [2.75, 3.05) is 0 Å². The molecule has 0 aliphatic carbocycles. The number of rotatable bonds is 2. The van der Waals surface area contributed by atoms with Gasteiger partial charge in [-0.25, -0.2) is 0 Å².